The Morgan fingerprint density at radius 1 is 1.25 bits per heavy atom. The topological polar surface area (TPSA) is 24.1 Å². The van der Waals surface area contributed by atoms with Crippen LogP contribution in [0.4, 0.5) is 0 Å². The maximum atomic E-state index is 3.58. The molecule has 0 saturated heterocycles. The van der Waals surface area contributed by atoms with E-state index in [0.29, 0.717) is 6.17 Å². The monoisotopic (exact) mass is 172 g/mol. The quantitative estimate of drug-likeness (QED) is 0.600. The van der Waals surface area contributed by atoms with Gasteiger partial charge in [0, 0.05) is 5.54 Å². The molecule has 0 aliphatic rings. The molecule has 12 heavy (non-hydrogen) atoms. The van der Waals surface area contributed by atoms with E-state index in [1.807, 2.05) is 7.05 Å². The van der Waals surface area contributed by atoms with Gasteiger partial charge in [0.25, 0.3) is 0 Å². The number of hydrogen-bond donors (Lipinski definition) is 2. The Hall–Kier alpha value is -0.0800. The molecule has 0 saturated carbocycles. The van der Waals surface area contributed by atoms with Crippen LogP contribution < -0.4 is 10.6 Å². The Morgan fingerprint density at radius 2 is 1.83 bits per heavy atom. The van der Waals surface area contributed by atoms with E-state index in [1.165, 1.54) is 12.8 Å². The fourth-order valence-electron chi connectivity index (χ4n) is 1.15. The van der Waals surface area contributed by atoms with Gasteiger partial charge in [0.2, 0.25) is 0 Å². The maximum absolute atomic E-state index is 3.58. The molecule has 0 radical (unpaired) electrons. The van der Waals surface area contributed by atoms with Crippen LogP contribution in [-0.2, 0) is 0 Å². The molecule has 0 heterocycles. The molecule has 0 aromatic carbocycles. The third-order valence-electron chi connectivity index (χ3n) is 2.37. The second kappa shape index (κ2) is 5.55. The van der Waals surface area contributed by atoms with Crippen LogP contribution in [0.15, 0.2) is 0 Å². The lowest BCUT2D eigenvalue weighted by Gasteiger charge is -2.30. The normalized spacial score (nSPS) is 14.8. The van der Waals surface area contributed by atoms with Crippen molar-refractivity contribution in [1.29, 1.82) is 0 Å². The average Bonchev–Trinajstić information content (AvgIpc) is 2.03. The van der Waals surface area contributed by atoms with Crippen molar-refractivity contribution in [3.05, 3.63) is 0 Å². The molecule has 1 unspecified atom stereocenters. The van der Waals surface area contributed by atoms with Crippen LogP contribution >= 0.6 is 0 Å². The molecule has 0 bridgehead atoms. The molecular weight excluding hydrogens is 148 g/mol. The molecule has 1 atom stereocenters. The van der Waals surface area contributed by atoms with E-state index in [2.05, 4.69) is 38.3 Å². The van der Waals surface area contributed by atoms with Gasteiger partial charge in [0.15, 0.2) is 0 Å². The minimum absolute atomic E-state index is 0.253. The van der Waals surface area contributed by atoms with Gasteiger partial charge in [-0.05, 0) is 33.7 Å². The first-order valence-electron chi connectivity index (χ1n) is 5.00. The van der Waals surface area contributed by atoms with Crippen molar-refractivity contribution in [1.82, 2.24) is 10.6 Å². The summed E-state index contributed by atoms with van der Waals surface area (Å²) >= 11 is 0. The first-order chi connectivity index (χ1) is 5.55. The summed E-state index contributed by atoms with van der Waals surface area (Å²) in [5.41, 5.74) is 0.253. The zero-order valence-corrected chi connectivity index (χ0v) is 9.20. The van der Waals surface area contributed by atoms with Crippen molar-refractivity contribution in [2.24, 2.45) is 0 Å². The fourth-order valence-corrected chi connectivity index (χ4v) is 1.15. The van der Waals surface area contributed by atoms with Gasteiger partial charge in [0.05, 0.1) is 6.17 Å². The summed E-state index contributed by atoms with van der Waals surface area (Å²) in [7, 11) is 2.01. The molecule has 2 heteroatoms. The van der Waals surface area contributed by atoms with Crippen molar-refractivity contribution in [2.75, 3.05) is 7.05 Å². The van der Waals surface area contributed by atoms with Crippen molar-refractivity contribution in [2.45, 2.75) is 58.7 Å². The molecule has 74 valence electrons. The molecule has 2 nitrogen and oxygen atoms in total. The van der Waals surface area contributed by atoms with Gasteiger partial charge in [-0.3, -0.25) is 5.32 Å². The van der Waals surface area contributed by atoms with Crippen LogP contribution in [0.1, 0.15) is 47.0 Å². The minimum atomic E-state index is 0.253. The van der Waals surface area contributed by atoms with Crippen LogP contribution in [0.2, 0.25) is 0 Å². The molecular formula is C10H24N2. The SMILES string of the molecule is CCCC(NC)NC(C)(C)CC. The van der Waals surface area contributed by atoms with E-state index in [9.17, 15) is 0 Å². The largest absolute Gasteiger partial charge is 0.305 e. The lowest BCUT2D eigenvalue weighted by molar-refractivity contribution is 0.288. The third kappa shape index (κ3) is 4.73. The van der Waals surface area contributed by atoms with Gasteiger partial charge in [-0.25, -0.2) is 0 Å². The Kier molecular flexibility index (Phi) is 5.51. The van der Waals surface area contributed by atoms with Gasteiger partial charge in [-0.1, -0.05) is 20.3 Å². The van der Waals surface area contributed by atoms with E-state index in [1.54, 1.807) is 0 Å². The molecule has 0 aromatic rings. The third-order valence-corrected chi connectivity index (χ3v) is 2.37. The van der Waals surface area contributed by atoms with E-state index in [4.69, 9.17) is 0 Å². The summed E-state index contributed by atoms with van der Waals surface area (Å²) < 4.78 is 0. The Bertz CT molecular complexity index is 110. The van der Waals surface area contributed by atoms with E-state index in [-0.39, 0.29) is 5.54 Å². The first-order valence-corrected chi connectivity index (χ1v) is 5.00. The lowest BCUT2D eigenvalue weighted by atomic mass is 10.0. The van der Waals surface area contributed by atoms with Crippen LogP contribution in [-0.4, -0.2) is 18.8 Å². The van der Waals surface area contributed by atoms with Crippen molar-refractivity contribution in [3.8, 4) is 0 Å². The summed E-state index contributed by atoms with van der Waals surface area (Å²) in [5, 5.41) is 6.86. The second-order valence-corrected chi connectivity index (χ2v) is 4.01. The number of rotatable bonds is 6. The van der Waals surface area contributed by atoms with Crippen molar-refractivity contribution in [3.63, 3.8) is 0 Å². The number of hydrogen-bond acceptors (Lipinski definition) is 2. The molecule has 0 rings (SSSR count). The highest BCUT2D eigenvalue weighted by Crippen LogP contribution is 2.09. The zero-order valence-electron chi connectivity index (χ0n) is 9.20. The van der Waals surface area contributed by atoms with Crippen molar-refractivity contribution < 1.29 is 0 Å². The summed E-state index contributed by atoms with van der Waals surface area (Å²) in [5.74, 6) is 0. The predicted octanol–water partition coefficient (Wildman–Crippen LogP) is 2.11. The Balaban J connectivity index is 3.83. The number of nitrogens with one attached hydrogen (secondary N) is 2. The van der Waals surface area contributed by atoms with E-state index >= 15 is 0 Å². The molecule has 0 aromatic heterocycles. The van der Waals surface area contributed by atoms with Crippen LogP contribution in [0.25, 0.3) is 0 Å². The lowest BCUT2D eigenvalue weighted by Crippen LogP contribution is -2.51. The van der Waals surface area contributed by atoms with Gasteiger partial charge in [-0.15, -0.1) is 0 Å². The second-order valence-electron chi connectivity index (χ2n) is 4.01. The fraction of sp³-hybridized carbons (Fsp3) is 1.00. The standard InChI is InChI=1S/C10H24N2/c1-6-8-9(11-5)12-10(3,4)7-2/h9,11-12H,6-8H2,1-5H3. The summed E-state index contributed by atoms with van der Waals surface area (Å²) in [6.45, 7) is 8.91. The highest BCUT2D eigenvalue weighted by Gasteiger charge is 2.17. The van der Waals surface area contributed by atoms with Gasteiger partial charge < -0.3 is 5.32 Å². The molecule has 0 amide bonds. The zero-order chi connectivity index (χ0) is 9.61. The highest BCUT2D eigenvalue weighted by atomic mass is 15.1. The minimum Gasteiger partial charge on any atom is -0.305 e. The molecule has 2 N–H and O–H groups in total. The van der Waals surface area contributed by atoms with E-state index < -0.39 is 0 Å². The molecule has 0 aliphatic heterocycles. The summed E-state index contributed by atoms with van der Waals surface area (Å²) in [6.07, 6.45) is 4.04. The van der Waals surface area contributed by atoms with Gasteiger partial charge in [-0.2, -0.15) is 0 Å². The first kappa shape index (κ1) is 11.9. The predicted molar refractivity (Wildman–Crippen MR) is 55.3 cm³/mol. The highest BCUT2D eigenvalue weighted by molar-refractivity contribution is 4.78. The Labute approximate surface area is 77.1 Å². The van der Waals surface area contributed by atoms with E-state index in [0.717, 1.165) is 6.42 Å². The van der Waals surface area contributed by atoms with Crippen LogP contribution in [0.5, 0.6) is 0 Å². The van der Waals surface area contributed by atoms with Crippen LogP contribution in [0, 0.1) is 0 Å². The van der Waals surface area contributed by atoms with Gasteiger partial charge >= 0.3 is 0 Å². The molecule has 0 fully saturated rings. The van der Waals surface area contributed by atoms with Crippen molar-refractivity contribution >= 4 is 0 Å². The van der Waals surface area contributed by atoms with Crippen LogP contribution in [0.3, 0.4) is 0 Å². The summed E-state index contributed by atoms with van der Waals surface area (Å²) in [4.78, 5) is 0. The summed E-state index contributed by atoms with van der Waals surface area (Å²) in [6, 6.07) is 0. The maximum Gasteiger partial charge on any atom is 0.0573 e. The molecule has 0 aliphatic carbocycles. The molecule has 0 spiro atoms. The Morgan fingerprint density at radius 3 is 2.17 bits per heavy atom. The average molecular weight is 172 g/mol. The smallest absolute Gasteiger partial charge is 0.0573 e. The van der Waals surface area contributed by atoms with Gasteiger partial charge in [0.1, 0.15) is 0 Å².